The van der Waals surface area contributed by atoms with Gasteiger partial charge in [0, 0.05) is 11.3 Å². The summed E-state index contributed by atoms with van der Waals surface area (Å²) in [5, 5.41) is 13.9. The molecular formula is C18H14F5N5O2. The van der Waals surface area contributed by atoms with Gasteiger partial charge in [-0.1, -0.05) is 12.1 Å². The fourth-order valence-corrected chi connectivity index (χ4v) is 2.41. The van der Waals surface area contributed by atoms with Crippen LogP contribution in [-0.4, -0.2) is 32.7 Å². The van der Waals surface area contributed by atoms with Gasteiger partial charge in [-0.3, -0.25) is 4.79 Å². The Morgan fingerprint density at radius 1 is 1.13 bits per heavy atom. The van der Waals surface area contributed by atoms with Crippen LogP contribution in [0.25, 0.3) is 11.4 Å². The lowest BCUT2D eigenvalue weighted by atomic mass is 10.1. The number of hydrogen-bond donors (Lipinski definition) is 1. The average molecular weight is 427 g/mol. The SMILES string of the molecule is CC(C(=O)Nc1ccc(OC(F)F)cc1)n1nnc(-c2cccc(C(F)(F)F)c2)n1. The number of alkyl halides is 5. The normalized spacial score (nSPS) is 12.6. The Morgan fingerprint density at radius 2 is 1.83 bits per heavy atom. The van der Waals surface area contributed by atoms with Gasteiger partial charge in [-0.2, -0.15) is 26.7 Å². The second-order valence-corrected chi connectivity index (χ2v) is 6.08. The van der Waals surface area contributed by atoms with Crippen molar-refractivity contribution in [1.82, 2.24) is 20.2 Å². The van der Waals surface area contributed by atoms with E-state index in [0.717, 1.165) is 16.9 Å². The number of hydrogen-bond acceptors (Lipinski definition) is 5. The number of rotatable bonds is 6. The van der Waals surface area contributed by atoms with E-state index in [0.29, 0.717) is 5.69 Å². The molecule has 2 aromatic carbocycles. The van der Waals surface area contributed by atoms with E-state index in [-0.39, 0.29) is 17.1 Å². The highest BCUT2D eigenvalue weighted by Crippen LogP contribution is 2.31. The van der Waals surface area contributed by atoms with Crippen molar-refractivity contribution < 1.29 is 31.5 Å². The lowest BCUT2D eigenvalue weighted by Crippen LogP contribution is -2.25. The Morgan fingerprint density at radius 3 is 2.47 bits per heavy atom. The van der Waals surface area contributed by atoms with Crippen LogP contribution in [0.2, 0.25) is 0 Å². The first-order valence-corrected chi connectivity index (χ1v) is 8.46. The van der Waals surface area contributed by atoms with Crippen LogP contribution < -0.4 is 10.1 Å². The lowest BCUT2D eigenvalue weighted by Gasteiger charge is -2.11. The molecule has 1 N–H and O–H groups in total. The Labute approximate surface area is 166 Å². The smallest absolute Gasteiger partial charge is 0.416 e. The van der Waals surface area contributed by atoms with Crippen molar-refractivity contribution in [3.63, 3.8) is 0 Å². The second kappa shape index (κ2) is 8.43. The topological polar surface area (TPSA) is 81.9 Å². The van der Waals surface area contributed by atoms with Crippen LogP contribution in [0.3, 0.4) is 0 Å². The van der Waals surface area contributed by atoms with Gasteiger partial charge >= 0.3 is 12.8 Å². The van der Waals surface area contributed by atoms with E-state index in [4.69, 9.17) is 0 Å². The van der Waals surface area contributed by atoms with Crippen molar-refractivity contribution in [1.29, 1.82) is 0 Å². The van der Waals surface area contributed by atoms with Crippen LogP contribution >= 0.6 is 0 Å². The number of benzene rings is 2. The van der Waals surface area contributed by atoms with E-state index in [1.807, 2.05) is 0 Å². The van der Waals surface area contributed by atoms with Crippen LogP contribution in [0.1, 0.15) is 18.5 Å². The maximum absolute atomic E-state index is 12.9. The van der Waals surface area contributed by atoms with Gasteiger partial charge in [0.2, 0.25) is 5.82 Å². The zero-order valence-electron chi connectivity index (χ0n) is 15.3. The van der Waals surface area contributed by atoms with Crippen molar-refractivity contribution in [2.45, 2.75) is 25.8 Å². The highest BCUT2D eigenvalue weighted by atomic mass is 19.4. The molecular weight excluding hydrogens is 413 g/mol. The summed E-state index contributed by atoms with van der Waals surface area (Å²) in [6, 6.07) is 8.71. The monoisotopic (exact) mass is 427 g/mol. The van der Waals surface area contributed by atoms with Crippen molar-refractivity contribution in [3.05, 3.63) is 54.1 Å². The zero-order valence-corrected chi connectivity index (χ0v) is 15.3. The molecule has 30 heavy (non-hydrogen) atoms. The standard InChI is InChI=1S/C18H14F5N5O2/c1-10(16(29)24-13-5-7-14(8-6-13)30-17(19)20)28-26-15(25-27-28)11-3-2-4-12(9-11)18(21,22)23/h2-10,17H,1H3,(H,24,29). The number of amides is 1. The Balaban J connectivity index is 1.70. The summed E-state index contributed by atoms with van der Waals surface area (Å²) in [4.78, 5) is 13.3. The van der Waals surface area contributed by atoms with Crippen LogP contribution in [0, 0.1) is 0 Å². The third-order valence-corrected chi connectivity index (χ3v) is 3.95. The number of ether oxygens (including phenoxy) is 1. The number of tetrazole rings is 1. The molecule has 0 fully saturated rings. The highest BCUT2D eigenvalue weighted by molar-refractivity contribution is 5.93. The van der Waals surface area contributed by atoms with Crippen molar-refractivity contribution in [2.75, 3.05) is 5.32 Å². The van der Waals surface area contributed by atoms with Gasteiger partial charge < -0.3 is 10.1 Å². The fourth-order valence-electron chi connectivity index (χ4n) is 2.41. The first-order valence-electron chi connectivity index (χ1n) is 8.46. The molecule has 0 spiro atoms. The van der Waals surface area contributed by atoms with Gasteiger partial charge in [-0.05, 0) is 48.5 Å². The van der Waals surface area contributed by atoms with Gasteiger partial charge in [0.25, 0.3) is 5.91 Å². The predicted octanol–water partition coefficient (Wildman–Crippen LogP) is 4.16. The molecule has 158 valence electrons. The molecule has 0 saturated carbocycles. The second-order valence-electron chi connectivity index (χ2n) is 6.08. The number of nitrogens with one attached hydrogen (secondary N) is 1. The molecule has 1 aromatic heterocycles. The summed E-state index contributed by atoms with van der Waals surface area (Å²) < 4.78 is 67.1. The largest absolute Gasteiger partial charge is 0.435 e. The minimum absolute atomic E-state index is 0.0697. The van der Waals surface area contributed by atoms with E-state index < -0.39 is 30.3 Å². The fraction of sp³-hybridized carbons (Fsp3) is 0.222. The van der Waals surface area contributed by atoms with Gasteiger partial charge in [-0.15, -0.1) is 10.2 Å². The van der Waals surface area contributed by atoms with E-state index in [1.165, 1.54) is 43.3 Å². The van der Waals surface area contributed by atoms with Crippen molar-refractivity contribution >= 4 is 11.6 Å². The molecule has 1 atom stereocenters. The molecule has 3 rings (SSSR count). The molecule has 0 aliphatic heterocycles. The van der Waals surface area contributed by atoms with E-state index in [2.05, 4.69) is 25.5 Å². The molecule has 0 radical (unpaired) electrons. The molecule has 1 amide bonds. The molecule has 12 heteroatoms. The summed E-state index contributed by atoms with van der Waals surface area (Å²) >= 11 is 0. The molecule has 7 nitrogen and oxygen atoms in total. The molecule has 0 saturated heterocycles. The Kier molecular flexibility index (Phi) is 5.94. The maximum Gasteiger partial charge on any atom is 0.416 e. The molecule has 0 bridgehead atoms. The van der Waals surface area contributed by atoms with Gasteiger partial charge in [0.1, 0.15) is 11.8 Å². The highest BCUT2D eigenvalue weighted by Gasteiger charge is 2.31. The van der Waals surface area contributed by atoms with E-state index in [1.54, 1.807) is 0 Å². The molecule has 1 heterocycles. The summed E-state index contributed by atoms with van der Waals surface area (Å²) in [6.45, 7) is -1.50. The minimum Gasteiger partial charge on any atom is -0.435 e. The predicted molar refractivity (Wildman–Crippen MR) is 94.7 cm³/mol. The Bertz CT molecular complexity index is 1020. The first-order chi connectivity index (χ1) is 14.1. The number of carbonyl (C=O) groups excluding carboxylic acids is 1. The number of nitrogens with zero attached hydrogens (tertiary/aromatic N) is 4. The van der Waals surface area contributed by atoms with Gasteiger partial charge in [-0.25, -0.2) is 0 Å². The number of aromatic nitrogens is 4. The third-order valence-electron chi connectivity index (χ3n) is 3.95. The number of anilines is 1. The van der Waals surface area contributed by atoms with Crippen LogP contribution in [-0.2, 0) is 11.0 Å². The quantitative estimate of drug-likeness (QED) is 0.598. The van der Waals surface area contributed by atoms with Crippen molar-refractivity contribution in [2.24, 2.45) is 0 Å². The molecule has 0 aliphatic rings. The number of carbonyl (C=O) groups is 1. The van der Waals surface area contributed by atoms with Crippen LogP contribution in [0.15, 0.2) is 48.5 Å². The van der Waals surface area contributed by atoms with E-state index in [9.17, 15) is 26.7 Å². The summed E-state index contributed by atoms with van der Waals surface area (Å²) in [5.74, 6) is -0.695. The van der Waals surface area contributed by atoms with Gasteiger partial charge in [0.05, 0.1) is 5.56 Å². The average Bonchev–Trinajstić information content (AvgIpc) is 3.18. The molecule has 0 aliphatic carbocycles. The summed E-state index contributed by atoms with van der Waals surface area (Å²) in [7, 11) is 0. The molecule has 1 unspecified atom stereocenters. The molecule has 3 aromatic rings. The Hall–Kier alpha value is -3.57. The lowest BCUT2D eigenvalue weighted by molar-refractivity contribution is -0.137. The van der Waals surface area contributed by atoms with Crippen molar-refractivity contribution in [3.8, 4) is 17.1 Å². The van der Waals surface area contributed by atoms with Crippen LogP contribution in [0.4, 0.5) is 27.6 Å². The number of halogens is 5. The maximum atomic E-state index is 12.9. The third kappa shape index (κ3) is 5.07. The minimum atomic E-state index is -4.52. The zero-order chi connectivity index (χ0) is 21.9. The van der Waals surface area contributed by atoms with Gasteiger partial charge in [0.15, 0.2) is 0 Å². The summed E-state index contributed by atoms with van der Waals surface area (Å²) in [5.41, 5.74) is -0.452. The summed E-state index contributed by atoms with van der Waals surface area (Å²) in [6.07, 6.45) is -4.52. The van der Waals surface area contributed by atoms with E-state index >= 15 is 0 Å². The van der Waals surface area contributed by atoms with Crippen LogP contribution in [0.5, 0.6) is 5.75 Å². The first kappa shape index (κ1) is 21.1.